The second-order valence-corrected chi connectivity index (χ2v) is 7.80. The van der Waals surface area contributed by atoms with Crippen molar-refractivity contribution in [3.8, 4) is 0 Å². The summed E-state index contributed by atoms with van der Waals surface area (Å²) in [6, 6.07) is 7.21. The van der Waals surface area contributed by atoms with Crippen LogP contribution in [0.1, 0.15) is 28.0 Å². The van der Waals surface area contributed by atoms with Crippen molar-refractivity contribution >= 4 is 50.5 Å². The van der Waals surface area contributed by atoms with Crippen molar-refractivity contribution in [1.82, 2.24) is 0 Å². The van der Waals surface area contributed by atoms with Crippen LogP contribution in [-0.2, 0) is 0 Å². The van der Waals surface area contributed by atoms with Gasteiger partial charge < -0.3 is 10.8 Å². The second kappa shape index (κ2) is 6.77. The fourth-order valence-electron chi connectivity index (χ4n) is 2.06. The van der Waals surface area contributed by atoms with Crippen molar-refractivity contribution in [3.63, 3.8) is 0 Å². The van der Waals surface area contributed by atoms with Crippen molar-refractivity contribution in [2.75, 3.05) is 6.54 Å². The van der Waals surface area contributed by atoms with Gasteiger partial charge in [0.2, 0.25) is 0 Å². The summed E-state index contributed by atoms with van der Waals surface area (Å²) >= 11 is 17.1. The lowest BCUT2D eigenvalue weighted by Gasteiger charge is -2.22. The molecule has 108 valence electrons. The summed E-state index contributed by atoms with van der Waals surface area (Å²) in [5, 5.41) is 11.7. The van der Waals surface area contributed by atoms with Crippen LogP contribution in [0.5, 0.6) is 0 Å². The van der Waals surface area contributed by atoms with Crippen LogP contribution in [0.4, 0.5) is 0 Å². The minimum Gasteiger partial charge on any atom is -0.387 e. The molecule has 0 aliphatic carbocycles. The summed E-state index contributed by atoms with van der Waals surface area (Å²) < 4.78 is 1.02. The zero-order valence-electron chi connectivity index (χ0n) is 10.7. The topological polar surface area (TPSA) is 46.2 Å². The SMILES string of the molecule is Cc1cc(C(O)C(CN)c2ccc(Cl)cc2Cl)sc1Br. The number of aliphatic hydroxyl groups is 1. The highest BCUT2D eigenvalue weighted by Gasteiger charge is 2.25. The number of thiophene rings is 1. The molecule has 0 spiro atoms. The predicted molar refractivity (Wildman–Crippen MR) is 90.0 cm³/mol. The van der Waals surface area contributed by atoms with E-state index in [0.717, 1.165) is 19.8 Å². The van der Waals surface area contributed by atoms with Gasteiger partial charge in [0.05, 0.1) is 9.89 Å². The third-order valence-corrected chi connectivity index (χ3v) is 5.93. The van der Waals surface area contributed by atoms with Gasteiger partial charge in [0.15, 0.2) is 0 Å². The summed E-state index contributed by atoms with van der Waals surface area (Å²) in [7, 11) is 0. The molecule has 2 nitrogen and oxygen atoms in total. The Kier molecular flexibility index (Phi) is 5.51. The molecule has 3 N–H and O–H groups in total. The number of halogens is 3. The molecule has 0 saturated heterocycles. The molecule has 6 heteroatoms. The molecule has 20 heavy (non-hydrogen) atoms. The Balaban J connectivity index is 2.36. The van der Waals surface area contributed by atoms with E-state index in [-0.39, 0.29) is 5.92 Å². The number of hydrogen-bond acceptors (Lipinski definition) is 3. The Hall–Kier alpha value is -0.100. The van der Waals surface area contributed by atoms with Gasteiger partial charge in [0.1, 0.15) is 0 Å². The molecule has 0 aliphatic rings. The smallest absolute Gasteiger partial charge is 0.0963 e. The number of nitrogens with two attached hydrogens (primary N) is 1. The lowest BCUT2D eigenvalue weighted by atomic mass is 9.92. The highest BCUT2D eigenvalue weighted by atomic mass is 79.9. The fraction of sp³-hybridized carbons (Fsp3) is 0.286. The molecule has 2 aromatic rings. The fourth-order valence-corrected chi connectivity index (χ4v) is 4.23. The molecule has 1 aromatic heterocycles. The second-order valence-electron chi connectivity index (χ2n) is 4.56. The van der Waals surface area contributed by atoms with Gasteiger partial charge in [0, 0.05) is 27.4 Å². The quantitative estimate of drug-likeness (QED) is 0.774. The standard InChI is InChI=1S/C14H14BrCl2NOS/c1-7-4-12(20-14(7)15)13(19)10(6-18)9-3-2-8(16)5-11(9)17/h2-5,10,13,19H,6,18H2,1H3. The van der Waals surface area contributed by atoms with Gasteiger partial charge in [-0.25, -0.2) is 0 Å². The van der Waals surface area contributed by atoms with Gasteiger partial charge in [-0.15, -0.1) is 11.3 Å². The zero-order valence-corrected chi connectivity index (χ0v) is 14.7. The normalized spacial score (nSPS) is 14.3. The van der Waals surface area contributed by atoms with E-state index in [1.807, 2.05) is 19.1 Å². The monoisotopic (exact) mass is 393 g/mol. The van der Waals surface area contributed by atoms with E-state index in [2.05, 4.69) is 15.9 Å². The van der Waals surface area contributed by atoms with Crippen LogP contribution in [0.3, 0.4) is 0 Å². The molecule has 0 fully saturated rings. The molecule has 1 aromatic carbocycles. The van der Waals surface area contributed by atoms with Crippen molar-refractivity contribution in [3.05, 3.63) is 54.1 Å². The third-order valence-electron chi connectivity index (χ3n) is 3.16. The maximum atomic E-state index is 10.6. The van der Waals surface area contributed by atoms with Gasteiger partial charge in [-0.2, -0.15) is 0 Å². The molecule has 2 rings (SSSR count). The van der Waals surface area contributed by atoms with Crippen LogP contribution in [-0.4, -0.2) is 11.7 Å². The molecule has 0 saturated carbocycles. The maximum Gasteiger partial charge on any atom is 0.0963 e. The molecule has 2 unspecified atom stereocenters. The first kappa shape index (κ1) is 16.3. The first-order chi connectivity index (χ1) is 9.43. The van der Waals surface area contributed by atoms with Gasteiger partial charge >= 0.3 is 0 Å². The average molecular weight is 395 g/mol. The van der Waals surface area contributed by atoms with Crippen molar-refractivity contribution in [1.29, 1.82) is 0 Å². The number of rotatable bonds is 4. The van der Waals surface area contributed by atoms with Crippen molar-refractivity contribution < 1.29 is 5.11 Å². The minimum absolute atomic E-state index is 0.260. The summed E-state index contributed by atoms with van der Waals surface area (Å²) in [4.78, 5) is 0.871. The number of aliphatic hydroxyl groups excluding tert-OH is 1. The van der Waals surface area contributed by atoms with E-state index >= 15 is 0 Å². The van der Waals surface area contributed by atoms with Gasteiger partial charge in [-0.1, -0.05) is 29.3 Å². The molecule has 0 radical (unpaired) electrons. The molecular weight excluding hydrogens is 381 g/mol. The van der Waals surface area contributed by atoms with Crippen LogP contribution in [0, 0.1) is 6.92 Å². The molecule has 0 aliphatic heterocycles. The van der Waals surface area contributed by atoms with E-state index in [9.17, 15) is 5.11 Å². The van der Waals surface area contributed by atoms with Gasteiger partial charge in [-0.05, 0) is 52.2 Å². The zero-order chi connectivity index (χ0) is 14.9. The number of benzene rings is 1. The summed E-state index contributed by atoms with van der Waals surface area (Å²) in [6.07, 6.45) is -0.686. The first-order valence-electron chi connectivity index (χ1n) is 6.03. The molecule has 1 heterocycles. The highest BCUT2D eigenvalue weighted by molar-refractivity contribution is 9.11. The number of aryl methyl sites for hydroxylation is 1. The third kappa shape index (κ3) is 3.38. The lowest BCUT2D eigenvalue weighted by Crippen LogP contribution is -2.20. The van der Waals surface area contributed by atoms with Crippen LogP contribution in [0.25, 0.3) is 0 Å². The molecule has 2 atom stereocenters. The van der Waals surface area contributed by atoms with Crippen molar-refractivity contribution in [2.45, 2.75) is 18.9 Å². The van der Waals surface area contributed by atoms with Gasteiger partial charge in [0.25, 0.3) is 0 Å². The van der Waals surface area contributed by atoms with E-state index < -0.39 is 6.10 Å². The Labute approximate surface area is 140 Å². The average Bonchev–Trinajstić information content (AvgIpc) is 2.73. The predicted octanol–water partition coefficient (Wildman–Crippen LogP) is 4.90. The molecular formula is C14H14BrCl2NOS. The van der Waals surface area contributed by atoms with Crippen LogP contribution in [0.15, 0.2) is 28.1 Å². The van der Waals surface area contributed by atoms with E-state index in [0.29, 0.717) is 16.6 Å². The highest BCUT2D eigenvalue weighted by Crippen LogP contribution is 2.40. The number of hydrogen-bond donors (Lipinski definition) is 2. The summed E-state index contributed by atoms with van der Waals surface area (Å²) in [5.74, 6) is -0.260. The van der Waals surface area contributed by atoms with Crippen LogP contribution in [0.2, 0.25) is 10.0 Å². The Morgan fingerprint density at radius 3 is 2.55 bits per heavy atom. The minimum atomic E-state index is -0.686. The Morgan fingerprint density at radius 1 is 1.35 bits per heavy atom. The van der Waals surface area contributed by atoms with E-state index in [1.165, 1.54) is 11.3 Å². The largest absolute Gasteiger partial charge is 0.387 e. The summed E-state index contributed by atoms with van der Waals surface area (Å²) in [5.41, 5.74) is 7.75. The van der Waals surface area contributed by atoms with Crippen LogP contribution < -0.4 is 5.73 Å². The maximum absolute atomic E-state index is 10.6. The Bertz CT molecular complexity index is 598. The summed E-state index contributed by atoms with van der Waals surface area (Å²) in [6.45, 7) is 2.29. The van der Waals surface area contributed by atoms with Gasteiger partial charge in [-0.3, -0.25) is 0 Å². The van der Waals surface area contributed by atoms with Crippen molar-refractivity contribution in [2.24, 2.45) is 5.73 Å². The first-order valence-corrected chi connectivity index (χ1v) is 8.39. The molecule has 0 amide bonds. The molecule has 0 bridgehead atoms. The van der Waals surface area contributed by atoms with E-state index in [1.54, 1.807) is 12.1 Å². The van der Waals surface area contributed by atoms with Crippen LogP contribution >= 0.6 is 50.5 Å². The lowest BCUT2D eigenvalue weighted by molar-refractivity contribution is 0.151. The van der Waals surface area contributed by atoms with E-state index in [4.69, 9.17) is 28.9 Å². The Morgan fingerprint density at radius 2 is 2.05 bits per heavy atom.